The standard InChI is InChI=1S/C15H14N2O4/c1-15(8-18)7-11-10(6-9-4-2-3-5-16-9)13(19)17(11)12(15)14(20)21/h2-6,8,11-12H,7H2,1H3,(H,20,21)/b10-6+/t11?,12-,15-/m0/s1. The van der Waals surface area contributed by atoms with Gasteiger partial charge in [-0.05, 0) is 24.6 Å². The lowest BCUT2D eigenvalue weighted by Gasteiger charge is -2.40. The molecule has 6 heteroatoms. The Hall–Kier alpha value is -2.50. The summed E-state index contributed by atoms with van der Waals surface area (Å²) in [6, 6.07) is 3.94. The van der Waals surface area contributed by atoms with Crippen LogP contribution in [0.2, 0.25) is 0 Å². The number of amides is 1. The van der Waals surface area contributed by atoms with E-state index in [0.717, 1.165) is 0 Å². The third-order valence-corrected chi connectivity index (χ3v) is 4.21. The topological polar surface area (TPSA) is 87.6 Å². The van der Waals surface area contributed by atoms with Gasteiger partial charge in [-0.3, -0.25) is 9.78 Å². The maximum atomic E-state index is 12.2. The van der Waals surface area contributed by atoms with Crippen LogP contribution in [0.5, 0.6) is 0 Å². The monoisotopic (exact) mass is 286 g/mol. The second-order valence-corrected chi connectivity index (χ2v) is 5.65. The lowest BCUT2D eigenvalue weighted by Crippen LogP contribution is -2.58. The second-order valence-electron chi connectivity index (χ2n) is 5.65. The molecule has 2 saturated heterocycles. The Kier molecular flexibility index (Phi) is 2.90. The van der Waals surface area contributed by atoms with Crippen LogP contribution in [0.1, 0.15) is 19.0 Å². The van der Waals surface area contributed by atoms with E-state index in [1.807, 2.05) is 6.07 Å². The molecule has 1 amide bonds. The molecule has 0 bridgehead atoms. The highest BCUT2D eigenvalue weighted by Gasteiger charge is 2.62. The minimum absolute atomic E-state index is 0.323. The minimum Gasteiger partial charge on any atom is -0.480 e. The van der Waals surface area contributed by atoms with Crippen LogP contribution in [0.15, 0.2) is 30.0 Å². The molecule has 1 aromatic heterocycles. The van der Waals surface area contributed by atoms with Crippen LogP contribution in [0.3, 0.4) is 0 Å². The molecule has 0 radical (unpaired) electrons. The van der Waals surface area contributed by atoms with Crippen molar-refractivity contribution in [2.75, 3.05) is 0 Å². The molecule has 2 fully saturated rings. The van der Waals surface area contributed by atoms with Crippen LogP contribution in [0.4, 0.5) is 0 Å². The molecule has 3 atom stereocenters. The van der Waals surface area contributed by atoms with Gasteiger partial charge in [0.15, 0.2) is 0 Å². The smallest absolute Gasteiger partial charge is 0.327 e. The molecule has 3 rings (SSSR count). The predicted octanol–water partition coefficient (Wildman–Crippen LogP) is 0.738. The zero-order valence-corrected chi connectivity index (χ0v) is 11.4. The van der Waals surface area contributed by atoms with E-state index in [0.29, 0.717) is 24.0 Å². The summed E-state index contributed by atoms with van der Waals surface area (Å²) >= 11 is 0. The number of aldehydes is 1. The fourth-order valence-electron chi connectivity index (χ4n) is 3.16. The highest BCUT2D eigenvalue weighted by atomic mass is 16.4. The Morgan fingerprint density at radius 3 is 2.86 bits per heavy atom. The zero-order chi connectivity index (χ0) is 15.2. The largest absolute Gasteiger partial charge is 0.480 e. The summed E-state index contributed by atoms with van der Waals surface area (Å²) in [5.74, 6) is -1.47. The number of fused-ring (bicyclic) bond motifs is 1. The number of aliphatic carboxylic acids is 1. The van der Waals surface area contributed by atoms with Crippen LogP contribution in [-0.2, 0) is 14.4 Å². The lowest BCUT2D eigenvalue weighted by atomic mass is 9.82. The van der Waals surface area contributed by atoms with Crippen LogP contribution in [0.25, 0.3) is 6.08 Å². The van der Waals surface area contributed by atoms with E-state index in [4.69, 9.17) is 0 Å². The molecule has 2 aliphatic rings. The Morgan fingerprint density at radius 2 is 2.29 bits per heavy atom. The van der Waals surface area contributed by atoms with Crippen molar-refractivity contribution >= 4 is 24.2 Å². The minimum atomic E-state index is -1.14. The van der Waals surface area contributed by atoms with Crippen molar-refractivity contribution in [1.82, 2.24) is 9.88 Å². The molecule has 0 aromatic carbocycles. The van der Waals surface area contributed by atoms with Gasteiger partial charge < -0.3 is 14.8 Å². The van der Waals surface area contributed by atoms with Gasteiger partial charge in [0.2, 0.25) is 0 Å². The van der Waals surface area contributed by atoms with Crippen LogP contribution >= 0.6 is 0 Å². The molecule has 1 unspecified atom stereocenters. The maximum absolute atomic E-state index is 12.2. The summed E-state index contributed by atoms with van der Waals surface area (Å²) in [7, 11) is 0. The van der Waals surface area contributed by atoms with Crippen molar-refractivity contribution in [2.24, 2.45) is 5.41 Å². The Bertz CT molecular complexity index is 655. The Balaban J connectivity index is 1.95. The third-order valence-electron chi connectivity index (χ3n) is 4.21. The predicted molar refractivity (Wildman–Crippen MR) is 73.1 cm³/mol. The SMILES string of the molecule is C[C@@]1(C=O)CC2/C(=C\c3ccccn3)C(=O)N2[C@H]1C(=O)O. The highest BCUT2D eigenvalue weighted by molar-refractivity contribution is 6.09. The molecular formula is C15H14N2O4. The summed E-state index contributed by atoms with van der Waals surface area (Å²) < 4.78 is 0. The molecule has 108 valence electrons. The summed E-state index contributed by atoms with van der Waals surface area (Å²) in [6.07, 6.45) is 4.27. The highest BCUT2D eigenvalue weighted by Crippen LogP contribution is 2.48. The van der Waals surface area contributed by atoms with E-state index < -0.39 is 17.4 Å². The van der Waals surface area contributed by atoms with Crippen molar-refractivity contribution in [2.45, 2.75) is 25.4 Å². The van der Waals surface area contributed by atoms with Gasteiger partial charge in [0.1, 0.15) is 12.3 Å². The lowest BCUT2D eigenvalue weighted by molar-refractivity contribution is -0.155. The summed E-state index contributed by atoms with van der Waals surface area (Å²) in [5.41, 5.74) is 0.115. The number of pyridine rings is 1. The van der Waals surface area contributed by atoms with Gasteiger partial charge in [0.25, 0.3) is 5.91 Å². The molecule has 21 heavy (non-hydrogen) atoms. The van der Waals surface area contributed by atoms with Gasteiger partial charge >= 0.3 is 5.97 Å². The van der Waals surface area contributed by atoms with E-state index in [-0.39, 0.29) is 11.9 Å². The van der Waals surface area contributed by atoms with Crippen molar-refractivity contribution in [1.29, 1.82) is 0 Å². The molecule has 2 aliphatic heterocycles. The molecule has 1 N–H and O–H groups in total. The van der Waals surface area contributed by atoms with Gasteiger partial charge in [-0.25, -0.2) is 4.79 Å². The number of β-lactam (4-membered cyclic amide) rings is 1. The molecule has 0 saturated carbocycles. The van der Waals surface area contributed by atoms with Gasteiger partial charge in [-0.15, -0.1) is 0 Å². The van der Waals surface area contributed by atoms with Gasteiger partial charge in [0, 0.05) is 11.8 Å². The first-order valence-electron chi connectivity index (χ1n) is 6.62. The Morgan fingerprint density at radius 1 is 1.52 bits per heavy atom. The van der Waals surface area contributed by atoms with Crippen LogP contribution < -0.4 is 0 Å². The van der Waals surface area contributed by atoms with E-state index in [2.05, 4.69) is 4.98 Å². The number of carbonyl (C=O) groups is 3. The summed E-state index contributed by atoms with van der Waals surface area (Å²) in [4.78, 5) is 40.3. The molecular weight excluding hydrogens is 272 g/mol. The number of aromatic nitrogens is 1. The van der Waals surface area contributed by atoms with Crippen molar-refractivity contribution in [3.05, 3.63) is 35.7 Å². The first-order chi connectivity index (χ1) is 9.98. The first-order valence-corrected chi connectivity index (χ1v) is 6.62. The van der Waals surface area contributed by atoms with Crippen LogP contribution in [-0.4, -0.2) is 45.2 Å². The number of carboxylic acids is 1. The van der Waals surface area contributed by atoms with E-state index in [1.54, 1.807) is 31.3 Å². The number of hydrogen-bond acceptors (Lipinski definition) is 4. The average Bonchev–Trinajstić information content (AvgIpc) is 2.77. The average molecular weight is 286 g/mol. The summed E-state index contributed by atoms with van der Waals surface area (Å²) in [6.45, 7) is 1.59. The van der Waals surface area contributed by atoms with E-state index in [9.17, 15) is 19.5 Å². The molecule has 3 heterocycles. The normalized spacial score (nSPS) is 32.7. The molecule has 0 spiro atoms. The van der Waals surface area contributed by atoms with Gasteiger partial charge in [-0.2, -0.15) is 0 Å². The number of rotatable bonds is 3. The van der Waals surface area contributed by atoms with E-state index in [1.165, 1.54) is 4.90 Å². The van der Waals surface area contributed by atoms with Crippen molar-refractivity contribution in [3.8, 4) is 0 Å². The van der Waals surface area contributed by atoms with Gasteiger partial charge in [-0.1, -0.05) is 13.0 Å². The second kappa shape index (κ2) is 4.51. The fourth-order valence-corrected chi connectivity index (χ4v) is 3.16. The number of nitrogens with zero attached hydrogens (tertiary/aromatic N) is 2. The molecule has 0 aliphatic carbocycles. The van der Waals surface area contributed by atoms with Crippen molar-refractivity contribution in [3.63, 3.8) is 0 Å². The number of hydrogen-bond donors (Lipinski definition) is 1. The maximum Gasteiger partial charge on any atom is 0.327 e. The third kappa shape index (κ3) is 1.86. The Labute approximate surface area is 121 Å². The number of carboxylic acid groups (broad SMARTS) is 1. The van der Waals surface area contributed by atoms with E-state index >= 15 is 0 Å². The molecule has 6 nitrogen and oxygen atoms in total. The zero-order valence-electron chi connectivity index (χ0n) is 11.4. The first kappa shape index (κ1) is 13.5. The van der Waals surface area contributed by atoms with Crippen LogP contribution in [0, 0.1) is 5.41 Å². The summed E-state index contributed by atoms with van der Waals surface area (Å²) in [5, 5.41) is 9.31. The molecule has 1 aromatic rings. The number of carbonyl (C=O) groups excluding carboxylic acids is 2. The van der Waals surface area contributed by atoms with Crippen molar-refractivity contribution < 1.29 is 19.5 Å². The quantitative estimate of drug-likeness (QED) is 0.503. The van der Waals surface area contributed by atoms with Gasteiger partial charge in [0.05, 0.1) is 17.2 Å². The fraction of sp³-hybridized carbons (Fsp3) is 0.333.